The van der Waals surface area contributed by atoms with Crippen LogP contribution in [-0.2, 0) is 0 Å². The van der Waals surface area contributed by atoms with E-state index in [4.69, 9.17) is 11.6 Å². The summed E-state index contributed by atoms with van der Waals surface area (Å²) in [6.45, 7) is 2.87. The Kier molecular flexibility index (Phi) is 3.32. The Morgan fingerprint density at radius 3 is 2.77 bits per heavy atom. The van der Waals surface area contributed by atoms with Crippen LogP contribution < -0.4 is 4.90 Å². The van der Waals surface area contributed by atoms with Crippen molar-refractivity contribution in [2.45, 2.75) is 6.92 Å². The Bertz CT molecular complexity index is 312. The van der Waals surface area contributed by atoms with E-state index in [2.05, 4.69) is 0 Å². The molecule has 1 aromatic carbocycles. The maximum absolute atomic E-state index is 10.8. The second kappa shape index (κ2) is 4.28. The minimum Gasteiger partial charge on any atom is -0.374 e. The van der Waals surface area contributed by atoms with Crippen LogP contribution in [0.5, 0.6) is 0 Å². The van der Waals surface area contributed by atoms with Gasteiger partial charge in [0.15, 0.2) is 6.29 Å². The van der Waals surface area contributed by atoms with Gasteiger partial charge in [-0.2, -0.15) is 0 Å². The third-order valence-corrected chi connectivity index (χ3v) is 2.36. The minimum absolute atomic E-state index is 0.507. The highest BCUT2D eigenvalue weighted by atomic mass is 35.5. The molecular formula is C10H12ClNO. The third kappa shape index (κ3) is 2.01. The first-order valence-electron chi connectivity index (χ1n) is 4.15. The van der Waals surface area contributed by atoms with E-state index in [9.17, 15) is 4.79 Å². The van der Waals surface area contributed by atoms with Crippen molar-refractivity contribution in [3.05, 3.63) is 28.8 Å². The van der Waals surface area contributed by atoms with Gasteiger partial charge in [-0.25, -0.2) is 0 Å². The van der Waals surface area contributed by atoms with Gasteiger partial charge >= 0.3 is 0 Å². The Hall–Kier alpha value is -1.02. The number of aldehydes is 1. The highest BCUT2D eigenvalue weighted by Gasteiger charge is 2.07. The van der Waals surface area contributed by atoms with Gasteiger partial charge in [0.05, 0.1) is 10.6 Å². The molecule has 0 aromatic heterocycles. The van der Waals surface area contributed by atoms with Crippen molar-refractivity contribution in [3.8, 4) is 0 Å². The van der Waals surface area contributed by atoms with Crippen LogP contribution >= 0.6 is 11.6 Å². The van der Waals surface area contributed by atoms with Gasteiger partial charge in [-0.1, -0.05) is 17.7 Å². The van der Waals surface area contributed by atoms with Crippen LogP contribution in [0, 0.1) is 0 Å². The van der Waals surface area contributed by atoms with E-state index >= 15 is 0 Å². The molecule has 0 unspecified atom stereocenters. The van der Waals surface area contributed by atoms with E-state index in [-0.39, 0.29) is 0 Å². The van der Waals surface area contributed by atoms with Crippen molar-refractivity contribution < 1.29 is 4.79 Å². The summed E-state index contributed by atoms with van der Waals surface area (Å²) >= 11 is 5.87. The first kappa shape index (κ1) is 10.1. The number of nitrogens with zero attached hydrogens (tertiary/aromatic N) is 1. The molecule has 1 rings (SSSR count). The molecule has 3 heteroatoms. The number of carbonyl (C=O) groups excluding carboxylic acids is 1. The molecule has 0 N–H and O–H groups in total. The van der Waals surface area contributed by atoms with Crippen LogP contribution in [0.3, 0.4) is 0 Å². The topological polar surface area (TPSA) is 20.3 Å². The molecule has 13 heavy (non-hydrogen) atoms. The van der Waals surface area contributed by atoms with Crippen LogP contribution in [0.4, 0.5) is 5.69 Å². The second-order valence-electron chi connectivity index (χ2n) is 2.80. The molecule has 0 amide bonds. The molecule has 0 saturated carbocycles. The zero-order valence-corrected chi connectivity index (χ0v) is 8.51. The summed E-state index contributed by atoms with van der Waals surface area (Å²) in [6.07, 6.45) is 0.795. The lowest BCUT2D eigenvalue weighted by Crippen LogP contribution is -2.17. The molecule has 70 valence electrons. The van der Waals surface area contributed by atoms with Crippen molar-refractivity contribution >= 4 is 23.6 Å². The van der Waals surface area contributed by atoms with Gasteiger partial charge in [0.25, 0.3) is 0 Å². The average Bonchev–Trinajstić information content (AvgIpc) is 2.16. The van der Waals surface area contributed by atoms with Gasteiger partial charge in [-0.3, -0.25) is 4.79 Å². The van der Waals surface area contributed by atoms with Gasteiger partial charge < -0.3 is 4.90 Å². The summed E-state index contributed by atoms with van der Waals surface area (Å²) in [5, 5.41) is 0.507. The number of anilines is 1. The molecule has 0 saturated heterocycles. The van der Waals surface area contributed by atoms with Gasteiger partial charge in [-0.15, -0.1) is 0 Å². The zero-order chi connectivity index (χ0) is 9.84. The molecule has 0 spiro atoms. The highest BCUT2D eigenvalue weighted by molar-refractivity contribution is 6.33. The molecule has 2 nitrogen and oxygen atoms in total. The largest absolute Gasteiger partial charge is 0.374 e. The molecule has 0 atom stereocenters. The monoisotopic (exact) mass is 197 g/mol. The maximum atomic E-state index is 10.8. The second-order valence-corrected chi connectivity index (χ2v) is 3.21. The maximum Gasteiger partial charge on any atom is 0.153 e. The summed E-state index contributed by atoms with van der Waals surface area (Å²) in [6, 6.07) is 5.45. The van der Waals surface area contributed by atoms with Crippen molar-refractivity contribution in [2.24, 2.45) is 0 Å². The van der Waals surface area contributed by atoms with Gasteiger partial charge in [0.2, 0.25) is 0 Å². The third-order valence-electron chi connectivity index (χ3n) is 2.03. The van der Waals surface area contributed by atoms with Crippen LogP contribution in [0.1, 0.15) is 17.3 Å². The van der Waals surface area contributed by atoms with Gasteiger partial charge in [0, 0.05) is 19.3 Å². The van der Waals surface area contributed by atoms with E-state index < -0.39 is 0 Å². The molecule has 0 heterocycles. The fraction of sp³-hybridized carbons (Fsp3) is 0.300. The predicted molar refractivity (Wildman–Crippen MR) is 55.8 cm³/mol. The Labute approximate surface area is 83.1 Å². The molecule has 0 radical (unpaired) electrons. The van der Waals surface area contributed by atoms with Crippen molar-refractivity contribution in [1.29, 1.82) is 0 Å². The van der Waals surface area contributed by atoms with Gasteiger partial charge in [-0.05, 0) is 19.1 Å². The quantitative estimate of drug-likeness (QED) is 0.695. The normalized spacial score (nSPS) is 9.77. The summed E-state index contributed by atoms with van der Waals surface area (Å²) in [4.78, 5) is 12.7. The van der Waals surface area contributed by atoms with E-state index in [0.29, 0.717) is 10.6 Å². The molecule has 0 aliphatic rings. The average molecular weight is 198 g/mol. The molecule has 1 aromatic rings. The molecule has 0 aliphatic heterocycles. The summed E-state index contributed by atoms with van der Waals surface area (Å²) < 4.78 is 0. The summed E-state index contributed by atoms with van der Waals surface area (Å²) in [7, 11) is 1.93. The SMILES string of the molecule is CCN(C)c1cccc(Cl)c1C=O. The lowest BCUT2D eigenvalue weighted by Gasteiger charge is -2.18. The van der Waals surface area contributed by atoms with Crippen LogP contribution in [0.25, 0.3) is 0 Å². The summed E-state index contributed by atoms with van der Waals surface area (Å²) in [5.74, 6) is 0. The number of hydrogen-bond acceptors (Lipinski definition) is 2. The number of carbonyl (C=O) groups is 1. The van der Waals surface area contributed by atoms with E-state index in [1.165, 1.54) is 0 Å². The lowest BCUT2D eigenvalue weighted by atomic mass is 10.2. The van der Waals surface area contributed by atoms with Crippen molar-refractivity contribution in [2.75, 3.05) is 18.5 Å². The summed E-state index contributed by atoms with van der Waals surface area (Å²) in [5.41, 5.74) is 1.44. The van der Waals surface area contributed by atoms with Crippen molar-refractivity contribution in [1.82, 2.24) is 0 Å². The first-order chi connectivity index (χ1) is 6.20. The Morgan fingerprint density at radius 2 is 2.23 bits per heavy atom. The number of hydrogen-bond donors (Lipinski definition) is 0. The fourth-order valence-electron chi connectivity index (χ4n) is 1.15. The zero-order valence-electron chi connectivity index (χ0n) is 7.75. The Morgan fingerprint density at radius 1 is 1.54 bits per heavy atom. The van der Waals surface area contributed by atoms with E-state index in [1.807, 2.05) is 31.0 Å². The van der Waals surface area contributed by atoms with E-state index in [1.54, 1.807) is 6.07 Å². The first-order valence-corrected chi connectivity index (χ1v) is 4.53. The van der Waals surface area contributed by atoms with Gasteiger partial charge in [0.1, 0.15) is 0 Å². The molecule has 0 aliphatic carbocycles. The number of halogens is 1. The fourth-order valence-corrected chi connectivity index (χ4v) is 1.36. The lowest BCUT2D eigenvalue weighted by molar-refractivity contribution is 0.112. The number of rotatable bonds is 3. The predicted octanol–water partition coefficient (Wildman–Crippen LogP) is 2.61. The van der Waals surface area contributed by atoms with Crippen molar-refractivity contribution in [3.63, 3.8) is 0 Å². The van der Waals surface area contributed by atoms with Crippen LogP contribution in [0.2, 0.25) is 5.02 Å². The Balaban J connectivity index is 3.19. The van der Waals surface area contributed by atoms with Crippen LogP contribution in [0.15, 0.2) is 18.2 Å². The van der Waals surface area contributed by atoms with E-state index in [0.717, 1.165) is 18.5 Å². The minimum atomic E-state index is 0.507. The standard InChI is InChI=1S/C10H12ClNO/c1-3-12(2)10-6-4-5-9(11)8(10)7-13/h4-7H,3H2,1-2H3. The van der Waals surface area contributed by atoms with Crippen LogP contribution in [-0.4, -0.2) is 19.9 Å². The molecular weight excluding hydrogens is 186 g/mol. The molecule has 0 fully saturated rings. The highest BCUT2D eigenvalue weighted by Crippen LogP contribution is 2.24. The smallest absolute Gasteiger partial charge is 0.153 e. The number of benzene rings is 1. The molecule has 0 bridgehead atoms.